The molecule has 0 aliphatic carbocycles. The Morgan fingerprint density at radius 1 is 1.40 bits per heavy atom. The first kappa shape index (κ1) is 22.7. The number of aliphatic carboxylic acids is 1. The molecule has 0 aromatic carbocycles. The van der Waals surface area contributed by atoms with Crippen LogP contribution < -0.4 is 4.74 Å². The molecular formula is C14H17ClN4O10P+. The standard InChI is InChI=1S/C14H16ClN4O10P/c1-2-26-10-6-9(17-14(15)18-10)19(4-16-6)11-8(21)7(20)5(28-11)3-27-13(12(22)23)29-30(24)25/h4-5,7-8,11,13,20-21H,2-3H2,1H3,(H-,22,23,24,25)/p+1/t5-,7-,8-,11-,13?/m1/s1. The first-order chi connectivity index (χ1) is 14.2. The Kier molecular flexibility index (Phi) is 7.10. The first-order valence-electron chi connectivity index (χ1n) is 8.44. The van der Waals surface area contributed by atoms with Crippen LogP contribution >= 0.6 is 19.9 Å². The van der Waals surface area contributed by atoms with E-state index in [4.69, 9.17) is 35.8 Å². The van der Waals surface area contributed by atoms with Gasteiger partial charge in [-0.15, -0.1) is 4.89 Å². The summed E-state index contributed by atoms with van der Waals surface area (Å²) in [7, 11) is -3.24. The highest BCUT2D eigenvalue weighted by Gasteiger charge is 2.45. The second-order valence-electron chi connectivity index (χ2n) is 5.95. The van der Waals surface area contributed by atoms with E-state index in [0.717, 1.165) is 0 Å². The number of halogens is 1. The quantitative estimate of drug-likeness (QED) is 0.211. The molecule has 1 saturated heterocycles. The molecule has 0 amide bonds. The maximum Gasteiger partial charge on any atom is 0.698 e. The summed E-state index contributed by atoms with van der Waals surface area (Å²) < 4.78 is 32.0. The van der Waals surface area contributed by atoms with Crippen LogP contribution in [-0.4, -0.2) is 83.5 Å². The lowest BCUT2D eigenvalue weighted by molar-refractivity contribution is -0.179. The van der Waals surface area contributed by atoms with Crippen molar-refractivity contribution in [3.8, 4) is 5.88 Å². The van der Waals surface area contributed by atoms with Gasteiger partial charge < -0.3 is 29.5 Å². The van der Waals surface area contributed by atoms with Gasteiger partial charge in [-0.1, -0.05) is 4.52 Å². The molecule has 1 aliphatic rings. The second-order valence-corrected chi connectivity index (χ2v) is 6.97. The van der Waals surface area contributed by atoms with Gasteiger partial charge in [-0.2, -0.15) is 9.97 Å². The summed E-state index contributed by atoms with van der Waals surface area (Å²) in [6.45, 7) is 1.47. The number of imidazole rings is 1. The third kappa shape index (κ3) is 4.66. The number of aromatic nitrogens is 4. The largest absolute Gasteiger partial charge is 0.698 e. The molecule has 14 nitrogen and oxygen atoms in total. The Bertz CT molecular complexity index is 945. The number of hydrogen-bond acceptors (Lipinski definition) is 11. The lowest BCUT2D eigenvalue weighted by atomic mass is 10.1. The Labute approximate surface area is 173 Å². The predicted molar refractivity (Wildman–Crippen MR) is 95.7 cm³/mol. The monoisotopic (exact) mass is 467 g/mol. The van der Waals surface area contributed by atoms with Crippen molar-refractivity contribution in [3.63, 3.8) is 0 Å². The Morgan fingerprint density at radius 2 is 2.13 bits per heavy atom. The molecule has 4 N–H and O–H groups in total. The number of hydrogen-bond donors (Lipinski definition) is 4. The molecule has 16 heteroatoms. The van der Waals surface area contributed by atoms with Crippen molar-refractivity contribution < 1.29 is 48.3 Å². The van der Waals surface area contributed by atoms with Gasteiger partial charge in [0, 0.05) is 4.57 Å². The van der Waals surface area contributed by atoms with Gasteiger partial charge in [0.25, 0.3) is 0 Å². The molecule has 1 aliphatic heterocycles. The van der Waals surface area contributed by atoms with E-state index in [1.165, 1.54) is 10.9 Å². The van der Waals surface area contributed by atoms with Crippen LogP contribution in [0.2, 0.25) is 5.28 Å². The number of carboxylic acid groups (broad SMARTS) is 1. The average Bonchev–Trinajstić information content (AvgIpc) is 3.20. The molecule has 2 aromatic rings. The Morgan fingerprint density at radius 3 is 2.77 bits per heavy atom. The Hall–Kier alpha value is -2.03. The second kappa shape index (κ2) is 9.41. The van der Waals surface area contributed by atoms with Gasteiger partial charge in [-0.25, -0.2) is 9.78 Å². The van der Waals surface area contributed by atoms with Crippen LogP contribution in [0.5, 0.6) is 5.88 Å². The number of rotatable bonds is 9. The minimum absolute atomic E-state index is 0.124. The van der Waals surface area contributed by atoms with Crippen molar-refractivity contribution in [2.75, 3.05) is 13.2 Å². The van der Waals surface area contributed by atoms with Crippen molar-refractivity contribution in [1.82, 2.24) is 19.5 Å². The van der Waals surface area contributed by atoms with Crippen molar-refractivity contribution in [2.24, 2.45) is 0 Å². The van der Waals surface area contributed by atoms with Gasteiger partial charge >= 0.3 is 20.5 Å². The van der Waals surface area contributed by atoms with Crippen LogP contribution in [0.1, 0.15) is 13.2 Å². The summed E-state index contributed by atoms with van der Waals surface area (Å²) in [6, 6.07) is 0. The number of carboxylic acids is 1. The third-order valence-electron chi connectivity index (χ3n) is 4.05. The van der Waals surface area contributed by atoms with E-state index in [-0.39, 0.29) is 22.3 Å². The molecule has 3 rings (SSSR count). The van der Waals surface area contributed by atoms with Crippen LogP contribution in [0, 0.1) is 0 Å². The molecule has 1 fully saturated rings. The van der Waals surface area contributed by atoms with E-state index in [1.807, 2.05) is 0 Å². The van der Waals surface area contributed by atoms with E-state index < -0.39 is 51.7 Å². The summed E-state index contributed by atoms with van der Waals surface area (Å²) >= 11 is 5.91. The van der Waals surface area contributed by atoms with Crippen LogP contribution in [0.15, 0.2) is 6.33 Å². The topological polar surface area (TPSA) is 196 Å². The summed E-state index contributed by atoms with van der Waals surface area (Å²) in [5.41, 5.74) is 0.414. The molecular weight excluding hydrogens is 451 g/mol. The predicted octanol–water partition coefficient (Wildman–Crippen LogP) is -0.409. The number of fused-ring (bicyclic) bond motifs is 1. The smallest absolute Gasteiger partial charge is 0.477 e. The maximum absolute atomic E-state index is 11.0. The Balaban J connectivity index is 1.80. The molecule has 3 heterocycles. The highest BCUT2D eigenvalue weighted by Crippen LogP contribution is 2.33. The first-order valence-corrected chi connectivity index (χ1v) is 9.95. The zero-order chi connectivity index (χ0) is 22.0. The minimum Gasteiger partial charge on any atom is -0.477 e. The molecule has 2 unspecified atom stereocenters. The van der Waals surface area contributed by atoms with Gasteiger partial charge in [-0.3, -0.25) is 4.57 Å². The number of aliphatic hydroxyl groups is 2. The number of nitrogens with zero attached hydrogens (tertiary/aromatic N) is 4. The molecule has 0 radical (unpaired) electrons. The van der Waals surface area contributed by atoms with Gasteiger partial charge in [0.2, 0.25) is 11.2 Å². The summed E-state index contributed by atoms with van der Waals surface area (Å²) in [6.07, 6.45) is -6.14. The zero-order valence-corrected chi connectivity index (χ0v) is 16.9. The number of ether oxygens (including phenoxy) is 3. The van der Waals surface area contributed by atoms with E-state index in [2.05, 4.69) is 19.5 Å². The van der Waals surface area contributed by atoms with E-state index in [0.29, 0.717) is 6.61 Å². The molecule has 6 atom stereocenters. The van der Waals surface area contributed by atoms with Gasteiger partial charge in [-0.05, 0) is 18.5 Å². The van der Waals surface area contributed by atoms with E-state index in [9.17, 15) is 19.6 Å². The molecule has 2 aromatic heterocycles. The van der Waals surface area contributed by atoms with E-state index >= 15 is 0 Å². The van der Waals surface area contributed by atoms with Crippen LogP contribution in [0.25, 0.3) is 11.2 Å². The summed E-state index contributed by atoms with van der Waals surface area (Å²) in [4.78, 5) is 31.8. The van der Waals surface area contributed by atoms with Crippen molar-refractivity contribution in [3.05, 3.63) is 11.6 Å². The lowest BCUT2D eigenvalue weighted by Crippen LogP contribution is -2.36. The highest BCUT2D eigenvalue weighted by atomic mass is 35.5. The molecule has 164 valence electrons. The summed E-state index contributed by atoms with van der Waals surface area (Å²) in [5, 5.41) is 29.5. The maximum atomic E-state index is 11.0. The molecule has 0 saturated carbocycles. The summed E-state index contributed by atoms with van der Waals surface area (Å²) in [5.74, 6) is -1.54. The van der Waals surface area contributed by atoms with Crippen molar-refractivity contribution in [1.29, 1.82) is 0 Å². The molecule has 0 bridgehead atoms. The molecule has 0 spiro atoms. The van der Waals surface area contributed by atoms with Gasteiger partial charge in [0.1, 0.15) is 18.3 Å². The fourth-order valence-electron chi connectivity index (χ4n) is 2.80. The molecule has 30 heavy (non-hydrogen) atoms. The van der Waals surface area contributed by atoms with E-state index in [1.54, 1.807) is 6.92 Å². The SMILES string of the molecule is CCOc1nc(Cl)nc2c1ncn2[C@@H]1O[C@H](COC(O[P+](=O)O)C(=O)O)[C@@H](O)[C@H]1O. The highest BCUT2D eigenvalue weighted by molar-refractivity contribution is 7.32. The number of aliphatic hydroxyl groups excluding tert-OH is 2. The zero-order valence-electron chi connectivity index (χ0n) is 15.2. The fraction of sp³-hybridized carbons (Fsp3) is 0.571. The van der Waals surface area contributed by atoms with Crippen LogP contribution in [-0.2, 0) is 23.4 Å². The average molecular weight is 468 g/mol. The normalized spacial score (nSPS) is 25.4. The minimum atomic E-state index is -3.24. The van der Waals surface area contributed by atoms with Gasteiger partial charge in [0.05, 0.1) is 19.5 Å². The number of carbonyl (C=O) groups is 1. The van der Waals surface area contributed by atoms with Gasteiger partial charge in [0.15, 0.2) is 17.4 Å². The van der Waals surface area contributed by atoms with Crippen LogP contribution in [0.4, 0.5) is 0 Å². The van der Waals surface area contributed by atoms with Crippen LogP contribution in [0.3, 0.4) is 0 Å². The third-order valence-corrected chi connectivity index (χ3v) is 4.59. The lowest BCUT2D eigenvalue weighted by Gasteiger charge is -2.17. The van der Waals surface area contributed by atoms with Crippen molar-refractivity contribution in [2.45, 2.75) is 37.8 Å². The van der Waals surface area contributed by atoms with Crippen molar-refractivity contribution >= 4 is 37.0 Å². The fourth-order valence-corrected chi connectivity index (χ4v) is 3.27.